The lowest BCUT2D eigenvalue weighted by Gasteiger charge is -2.45. The van der Waals surface area contributed by atoms with Crippen LogP contribution in [0.25, 0.3) is 0 Å². The van der Waals surface area contributed by atoms with Crippen LogP contribution in [0.5, 0.6) is 0 Å². The van der Waals surface area contributed by atoms with Gasteiger partial charge < -0.3 is 5.32 Å². The number of benzene rings is 3. The largest absolute Gasteiger partial charge is 0.324 e. The van der Waals surface area contributed by atoms with E-state index in [1.807, 2.05) is 56.3 Å². The van der Waals surface area contributed by atoms with Crippen LogP contribution in [0.15, 0.2) is 66.7 Å². The van der Waals surface area contributed by atoms with Gasteiger partial charge in [-0.1, -0.05) is 80.4 Å². The minimum Gasteiger partial charge on any atom is -0.324 e. The predicted molar refractivity (Wildman–Crippen MR) is 143 cm³/mol. The summed E-state index contributed by atoms with van der Waals surface area (Å²) >= 11 is 0. The molecular formula is C32H32N2O3. The molecule has 2 bridgehead atoms. The lowest BCUT2D eigenvalue weighted by atomic mass is 9.55. The highest BCUT2D eigenvalue weighted by molar-refractivity contribution is 6.11. The van der Waals surface area contributed by atoms with Crippen LogP contribution in [0.2, 0.25) is 0 Å². The summed E-state index contributed by atoms with van der Waals surface area (Å²) in [6.45, 7) is 5.98. The van der Waals surface area contributed by atoms with Crippen LogP contribution < -0.4 is 5.32 Å². The topological polar surface area (TPSA) is 66.5 Å². The first-order valence-electron chi connectivity index (χ1n) is 13.3. The molecule has 3 amide bonds. The van der Waals surface area contributed by atoms with Crippen LogP contribution in [0.3, 0.4) is 0 Å². The lowest BCUT2D eigenvalue weighted by molar-refractivity contribution is -0.147. The molecule has 37 heavy (non-hydrogen) atoms. The third-order valence-electron chi connectivity index (χ3n) is 8.58. The van der Waals surface area contributed by atoms with Gasteiger partial charge in [-0.25, -0.2) is 0 Å². The Hall–Kier alpha value is -3.73. The van der Waals surface area contributed by atoms with Crippen molar-refractivity contribution in [2.24, 2.45) is 11.8 Å². The number of nitrogens with zero attached hydrogens (tertiary/aromatic N) is 1. The van der Waals surface area contributed by atoms with Gasteiger partial charge in [0.2, 0.25) is 17.7 Å². The summed E-state index contributed by atoms with van der Waals surface area (Å²) in [5, 5.41) is 3.05. The van der Waals surface area contributed by atoms with Gasteiger partial charge in [0, 0.05) is 17.5 Å². The molecule has 0 saturated carbocycles. The zero-order valence-electron chi connectivity index (χ0n) is 21.5. The molecule has 3 aromatic carbocycles. The van der Waals surface area contributed by atoms with Gasteiger partial charge in [-0.15, -0.1) is 0 Å². The summed E-state index contributed by atoms with van der Waals surface area (Å²) in [4.78, 5) is 43.4. The molecule has 3 aliphatic carbocycles. The van der Waals surface area contributed by atoms with Gasteiger partial charge in [-0.3, -0.25) is 19.3 Å². The number of amides is 3. The number of hydrogen-bond donors (Lipinski definition) is 1. The number of aryl methyl sites for hydroxylation is 2. The molecule has 188 valence electrons. The van der Waals surface area contributed by atoms with Gasteiger partial charge in [0.25, 0.3) is 0 Å². The quantitative estimate of drug-likeness (QED) is 0.450. The van der Waals surface area contributed by atoms with E-state index in [2.05, 4.69) is 36.5 Å². The highest BCUT2D eigenvalue weighted by Crippen LogP contribution is 2.61. The highest BCUT2D eigenvalue weighted by atomic mass is 16.2. The van der Waals surface area contributed by atoms with Crippen molar-refractivity contribution >= 4 is 23.4 Å². The standard InChI is InChI=1S/C32H32N2O3/c1-4-5-14-25(30(35)33-24-17-18(2)15-16-19(24)3)34-31(36)28-26-20-10-6-7-11-21(20)27(29(28)32(34)37)23-13-9-8-12-22(23)26/h6-13,15-17,25-29H,4-5,14H2,1-3H3,(H,33,35)/t25-,26?,27?,28-,29-/m0/s1. The lowest BCUT2D eigenvalue weighted by Crippen LogP contribution is -2.48. The predicted octanol–water partition coefficient (Wildman–Crippen LogP) is 5.69. The third-order valence-corrected chi connectivity index (χ3v) is 8.58. The number of likely N-dealkylation sites (tertiary alicyclic amines) is 1. The van der Waals surface area contributed by atoms with E-state index in [1.54, 1.807) is 0 Å². The molecule has 3 aromatic rings. The van der Waals surface area contributed by atoms with Gasteiger partial charge in [-0.2, -0.15) is 0 Å². The maximum absolute atomic E-state index is 14.2. The van der Waals surface area contributed by atoms with Gasteiger partial charge in [-0.05, 0) is 59.7 Å². The molecule has 7 rings (SSSR count). The molecule has 0 unspecified atom stereocenters. The molecule has 1 fully saturated rings. The van der Waals surface area contributed by atoms with Crippen molar-refractivity contribution in [3.8, 4) is 0 Å². The smallest absolute Gasteiger partial charge is 0.247 e. The first-order valence-corrected chi connectivity index (χ1v) is 13.3. The molecule has 1 saturated heterocycles. The van der Waals surface area contributed by atoms with Gasteiger partial charge in [0.15, 0.2) is 0 Å². The Morgan fingerprint density at radius 1 is 0.838 bits per heavy atom. The summed E-state index contributed by atoms with van der Waals surface area (Å²) in [5.74, 6) is -1.97. The Morgan fingerprint density at radius 2 is 1.35 bits per heavy atom. The van der Waals surface area contributed by atoms with Crippen molar-refractivity contribution in [2.75, 3.05) is 5.32 Å². The van der Waals surface area contributed by atoms with Crippen LogP contribution in [0.4, 0.5) is 5.69 Å². The fraction of sp³-hybridized carbons (Fsp3) is 0.344. The fourth-order valence-electron chi connectivity index (χ4n) is 6.87. The second kappa shape index (κ2) is 8.98. The Morgan fingerprint density at radius 3 is 1.84 bits per heavy atom. The molecule has 0 aromatic heterocycles. The summed E-state index contributed by atoms with van der Waals surface area (Å²) in [6.07, 6.45) is 2.09. The first kappa shape index (κ1) is 23.7. The van der Waals surface area contributed by atoms with E-state index in [4.69, 9.17) is 0 Å². The molecule has 0 spiro atoms. The number of rotatable bonds is 6. The fourth-order valence-corrected chi connectivity index (χ4v) is 6.87. The van der Waals surface area contributed by atoms with Crippen LogP contribution in [-0.2, 0) is 14.4 Å². The summed E-state index contributed by atoms with van der Waals surface area (Å²) < 4.78 is 0. The first-order chi connectivity index (χ1) is 17.9. The number of carbonyl (C=O) groups excluding carboxylic acids is 3. The van der Waals surface area contributed by atoms with E-state index >= 15 is 0 Å². The summed E-state index contributed by atoms with van der Waals surface area (Å²) in [7, 11) is 0. The van der Waals surface area contributed by atoms with Crippen molar-refractivity contribution in [3.63, 3.8) is 0 Å². The molecule has 5 nitrogen and oxygen atoms in total. The molecule has 1 N–H and O–H groups in total. The van der Waals surface area contributed by atoms with Crippen molar-refractivity contribution in [2.45, 2.75) is 57.9 Å². The number of unbranched alkanes of at least 4 members (excludes halogenated alkanes) is 1. The molecule has 5 heteroatoms. The average Bonchev–Trinajstić information content (AvgIpc) is 3.17. The zero-order valence-corrected chi connectivity index (χ0v) is 21.5. The minimum absolute atomic E-state index is 0.169. The molecule has 4 aliphatic rings. The third kappa shape index (κ3) is 3.55. The zero-order chi connectivity index (χ0) is 25.8. The average molecular weight is 493 g/mol. The summed E-state index contributed by atoms with van der Waals surface area (Å²) in [5.41, 5.74) is 7.27. The van der Waals surface area contributed by atoms with E-state index in [0.717, 1.165) is 51.9 Å². The van der Waals surface area contributed by atoms with E-state index in [-0.39, 0.29) is 29.6 Å². The normalized spacial score (nSPS) is 23.9. The molecule has 1 aliphatic heterocycles. The van der Waals surface area contributed by atoms with E-state index in [1.165, 1.54) is 4.90 Å². The van der Waals surface area contributed by atoms with Crippen molar-refractivity contribution < 1.29 is 14.4 Å². The van der Waals surface area contributed by atoms with E-state index < -0.39 is 17.9 Å². The number of hydrogen-bond acceptors (Lipinski definition) is 3. The Balaban J connectivity index is 1.40. The van der Waals surface area contributed by atoms with Gasteiger partial charge in [0.1, 0.15) is 6.04 Å². The van der Waals surface area contributed by atoms with E-state index in [0.29, 0.717) is 6.42 Å². The van der Waals surface area contributed by atoms with Gasteiger partial charge in [0.05, 0.1) is 11.8 Å². The number of imide groups is 1. The van der Waals surface area contributed by atoms with E-state index in [9.17, 15) is 14.4 Å². The summed E-state index contributed by atoms with van der Waals surface area (Å²) in [6, 6.07) is 21.5. The Labute approximate surface area is 217 Å². The Kier molecular flexibility index (Phi) is 5.74. The van der Waals surface area contributed by atoms with Gasteiger partial charge >= 0.3 is 0 Å². The highest BCUT2D eigenvalue weighted by Gasteiger charge is 2.62. The van der Waals surface area contributed by atoms with Crippen LogP contribution in [0, 0.1) is 25.7 Å². The SMILES string of the molecule is CCCC[C@@H](C(=O)Nc1cc(C)ccc1C)N1C(=O)[C@H]2C3c4ccccc4C(c4ccccc43)[C@@H]2C1=O. The minimum atomic E-state index is -0.823. The van der Waals surface area contributed by atoms with Crippen molar-refractivity contribution in [1.29, 1.82) is 0 Å². The van der Waals surface area contributed by atoms with Crippen molar-refractivity contribution in [3.05, 3.63) is 100 Å². The second-order valence-corrected chi connectivity index (χ2v) is 10.8. The van der Waals surface area contributed by atoms with Crippen molar-refractivity contribution in [1.82, 2.24) is 4.90 Å². The number of anilines is 1. The maximum Gasteiger partial charge on any atom is 0.247 e. The molecular weight excluding hydrogens is 460 g/mol. The maximum atomic E-state index is 14.2. The number of nitrogens with one attached hydrogen (secondary N) is 1. The Bertz CT molecular complexity index is 1310. The molecule has 1 heterocycles. The second-order valence-electron chi connectivity index (χ2n) is 10.8. The van der Waals surface area contributed by atoms with Crippen LogP contribution >= 0.6 is 0 Å². The van der Waals surface area contributed by atoms with Crippen LogP contribution in [0.1, 0.15) is 71.4 Å². The molecule has 3 atom stereocenters. The monoisotopic (exact) mass is 492 g/mol. The van der Waals surface area contributed by atoms with Crippen LogP contribution in [-0.4, -0.2) is 28.7 Å². The molecule has 0 radical (unpaired) electrons. The number of carbonyl (C=O) groups is 3.